The largest absolute Gasteiger partial charge is 0.332 e. The van der Waals surface area contributed by atoms with Crippen LogP contribution in [0.5, 0.6) is 0 Å². The molecule has 7 nitrogen and oxygen atoms in total. The number of carbonyl (C=O) groups excluding carboxylic acids is 2. The van der Waals surface area contributed by atoms with Gasteiger partial charge in [-0.2, -0.15) is 4.31 Å². The van der Waals surface area contributed by atoms with E-state index in [0.29, 0.717) is 0 Å². The van der Waals surface area contributed by atoms with Crippen molar-refractivity contribution in [2.45, 2.75) is 24.8 Å². The maximum Gasteiger partial charge on any atom is 0.254 e. The second-order valence-corrected chi connectivity index (χ2v) is 8.86. The molecule has 1 N–H and O–H groups in total. The fraction of sp³-hybridized carbons (Fsp3) is 0.300. The van der Waals surface area contributed by atoms with Crippen LogP contribution in [0.4, 0.5) is 10.1 Å². The highest BCUT2D eigenvalue weighted by atomic mass is 32.2. The number of nitrogens with zero attached hydrogens (tertiary/aromatic N) is 2. The molecule has 156 valence electrons. The number of hydrogen-bond donors (Lipinski definition) is 1. The van der Waals surface area contributed by atoms with Crippen molar-refractivity contribution in [2.75, 3.05) is 26.0 Å². The second kappa shape index (κ2) is 9.15. The lowest BCUT2D eigenvalue weighted by Crippen LogP contribution is -2.35. The Hall–Kier alpha value is -2.78. The summed E-state index contributed by atoms with van der Waals surface area (Å²) in [5.41, 5.74) is 0.421. The summed E-state index contributed by atoms with van der Waals surface area (Å²) in [7, 11) is -0.845. The van der Waals surface area contributed by atoms with Gasteiger partial charge in [0.2, 0.25) is 15.9 Å². The third-order valence-corrected chi connectivity index (χ3v) is 6.35. The Bertz CT molecular complexity index is 1010. The predicted molar refractivity (Wildman–Crippen MR) is 109 cm³/mol. The molecule has 0 atom stereocenters. The zero-order chi connectivity index (χ0) is 21.8. The highest BCUT2D eigenvalue weighted by molar-refractivity contribution is 7.89. The second-order valence-electron chi connectivity index (χ2n) is 6.86. The third-order valence-electron chi connectivity index (χ3n) is 4.32. The number of anilines is 1. The molecule has 0 aromatic heterocycles. The molecule has 2 rings (SSSR count). The van der Waals surface area contributed by atoms with Gasteiger partial charge in [0.1, 0.15) is 5.82 Å². The number of likely N-dealkylation sites (N-methyl/N-ethyl adjacent to an activating group) is 1. The van der Waals surface area contributed by atoms with Crippen LogP contribution in [0.1, 0.15) is 24.2 Å². The van der Waals surface area contributed by atoms with Gasteiger partial charge in [0.15, 0.2) is 0 Å². The molecule has 0 saturated carbocycles. The first-order valence-electron chi connectivity index (χ1n) is 8.91. The molecule has 0 aliphatic carbocycles. The van der Waals surface area contributed by atoms with Gasteiger partial charge in [0.05, 0.1) is 11.4 Å². The van der Waals surface area contributed by atoms with Crippen LogP contribution in [-0.2, 0) is 14.8 Å². The average molecular weight is 421 g/mol. The standard InChI is InChI=1S/C20H24FN3O4S/c1-14(2)24(4)29(27,28)18-10-5-7-15(11-18)20(26)23(3)13-19(25)22-17-9-6-8-16(21)12-17/h5-12,14H,13H2,1-4H3,(H,22,25). The number of sulfonamides is 1. The van der Waals surface area contributed by atoms with E-state index in [1.807, 2.05) is 0 Å². The molecule has 2 amide bonds. The maximum absolute atomic E-state index is 13.2. The van der Waals surface area contributed by atoms with Crippen molar-refractivity contribution in [1.82, 2.24) is 9.21 Å². The summed E-state index contributed by atoms with van der Waals surface area (Å²) in [6.07, 6.45) is 0. The first-order valence-corrected chi connectivity index (χ1v) is 10.4. The van der Waals surface area contributed by atoms with Gasteiger partial charge in [0, 0.05) is 31.4 Å². The zero-order valence-corrected chi connectivity index (χ0v) is 17.5. The number of amides is 2. The van der Waals surface area contributed by atoms with E-state index in [9.17, 15) is 22.4 Å². The van der Waals surface area contributed by atoms with Crippen molar-refractivity contribution in [2.24, 2.45) is 0 Å². The molecule has 0 bridgehead atoms. The van der Waals surface area contributed by atoms with E-state index in [-0.39, 0.29) is 28.7 Å². The molecule has 9 heteroatoms. The highest BCUT2D eigenvalue weighted by Gasteiger charge is 2.24. The molecular weight excluding hydrogens is 397 g/mol. The van der Waals surface area contributed by atoms with Crippen molar-refractivity contribution in [3.63, 3.8) is 0 Å². The smallest absolute Gasteiger partial charge is 0.254 e. The summed E-state index contributed by atoms with van der Waals surface area (Å²) in [5.74, 6) is -1.50. The molecule has 29 heavy (non-hydrogen) atoms. The monoisotopic (exact) mass is 421 g/mol. The summed E-state index contributed by atoms with van der Waals surface area (Å²) in [6, 6.07) is 10.8. The van der Waals surface area contributed by atoms with Crippen LogP contribution in [0.2, 0.25) is 0 Å². The minimum atomic E-state index is -3.74. The number of nitrogens with one attached hydrogen (secondary N) is 1. The molecule has 0 saturated heterocycles. The van der Waals surface area contributed by atoms with Crippen molar-refractivity contribution < 1.29 is 22.4 Å². The molecule has 0 unspecified atom stereocenters. The Morgan fingerprint density at radius 2 is 1.72 bits per heavy atom. The summed E-state index contributed by atoms with van der Waals surface area (Å²) < 4.78 is 39.7. The summed E-state index contributed by atoms with van der Waals surface area (Å²) in [6.45, 7) is 3.22. The molecule has 0 aliphatic rings. The van der Waals surface area contributed by atoms with E-state index >= 15 is 0 Å². The Labute approximate surface area is 170 Å². The Morgan fingerprint density at radius 1 is 1.07 bits per heavy atom. The lowest BCUT2D eigenvalue weighted by molar-refractivity contribution is -0.116. The van der Waals surface area contributed by atoms with E-state index < -0.39 is 27.7 Å². The van der Waals surface area contributed by atoms with Gasteiger partial charge in [-0.3, -0.25) is 9.59 Å². The average Bonchev–Trinajstić information content (AvgIpc) is 2.66. The van der Waals surface area contributed by atoms with Crippen LogP contribution < -0.4 is 5.32 Å². The highest BCUT2D eigenvalue weighted by Crippen LogP contribution is 2.18. The number of hydrogen-bond acceptors (Lipinski definition) is 4. The van der Waals surface area contributed by atoms with Crippen molar-refractivity contribution >= 4 is 27.5 Å². The van der Waals surface area contributed by atoms with Crippen LogP contribution in [0, 0.1) is 5.82 Å². The van der Waals surface area contributed by atoms with Crippen LogP contribution in [0.3, 0.4) is 0 Å². The summed E-state index contributed by atoms with van der Waals surface area (Å²) in [5, 5.41) is 2.51. The van der Waals surface area contributed by atoms with Crippen molar-refractivity contribution in [3.05, 3.63) is 59.9 Å². The Morgan fingerprint density at radius 3 is 2.34 bits per heavy atom. The molecular formula is C20H24FN3O4S. The molecule has 2 aromatic rings. The number of halogens is 1. The van der Waals surface area contributed by atoms with Gasteiger partial charge in [-0.05, 0) is 50.2 Å². The maximum atomic E-state index is 13.2. The number of carbonyl (C=O) groups is 2. The number of benzene rings is 2. The number of rotatable bonds is 7. The first-order chi connectivity index (χ1) is 13.5. The van der Waals surface area contributed by atoms with Crippen LogP contribution in [0.25, 0.3) is 0 Å². The molecule has 0 radical (unpaired) electrons. The summed E-state index contributed by atoms with van der Waals surface area (Å²) in [4.78, 5) is 25.9. The molecule has 0 heterocycles. The quantitative estimate of drug-likeness (QED) is 0.744. The molecule has 2 aromatic carbocycles. The van der Waals surface area contributed by atoms with E-state index in [1.54, 1.807) is 13.8 Å². The zero-order valence-electron chi connectivity index (χ0n) is 16.7. The minimum Gasteiger partial charge on any atom is -0.332 e. The Kier molecular flexibility index (Phi) is 7.10. The van der Waals surface area contributed by atoms with Crippen molar-refractivity contribution in [3.8, 4) is 0 Å². The molecule has 0 spiro atoms. The molecule has 0 aliphatic heterocycles. The summed E-state index contributed by atoms with van der Waals surface area (Å²) >= 11 is 0. The van der Waals surface area contributed by atoms with Gasteiger partial charge < -0.3 is 10.2 Å². The normalized spacial score (nSPS) is 11.6. The topological polar surface area (TPSA) is 86.8 Å². The van der Waals surface area contributed by atoms with Crippen LogP contribution >= 0.6 is 0 Å². The van der Waals surface area contributed by atoms with E-state index in [1.165, 1.54) is 66.9 Å². The minimum absolute atomic E-state index is 0.00263. The van der Waals surface area contributed by atoms with Crippen LogP contribution in [-0.4, -0.2) is 56.1 Å². The van der Waals surface area contributed by atoms with Gasteiger partial charge >= 0.3 is 0 Å². The molecule has 0 fully saturated rings. The van der Waals surface area contributed by atoms with E-state index in [2.05, 4.69) is 5.32 Å². The van der Waals surface area contributed by atoms with E-state index in [0.717, 1.165) is 4.90 Å². The van der Waals surface area contributed by atoms with Crippen LogP contribution in [0.15, 0.2) is 53.4 Å². The van der Waals surface area contributed by atoms with Gasteiger partial charge in [-0.1, -0.05) is 12.1 Å². The first kappa shape index (κ1) is 22.5. The Balaban J connectivity index is 2.12. The SMILES string of the molecule is CC(C)N(C)S(=O)(=O)c1cccc(C(=O)N(C)CC(=O)Nc2cccc(F)c2)c1. The van der Waals surface area contributed by atoms with Gasteiger partial charge in [0.25, 0.3) is 5.91 Å². The third kappa shape index (κ3) is 5.61. The van der Waals surface area contributed by atoms with Gasteiger partial charge in [-0.15, -0.1) is 0 Å². The van der Waals surface area contributed by atoms with Gasteiger partial charge in [-0.25, -0.2) is 12.8 Å². The lowest BCUT2D eigenvalue weighted by Gasteiger charge is -2.22. The van der Waals surface area contributed by atoms with Crippen molar-refractivity contribution in [1.29, 1.82) is 0 Å². The lowest BCUT2D eigenvalue weighted by atomic mass is 10.2. The van der Waals surface area contributed by atoms with E-state index in [4.69, 9.17) is 0 Å². The predicted octanol–water partition coefficient (Wildman–Crippen LogP) is 2.57. The fourth-order valence-electron chi connectivity index (χ4n) is 2.51. The fourth-order valence-corrected chi connectivity index (χ4v) is 3.92.